The van der Waals surface area contributed by atoms with E-state index in [0.29, 0.717) is 0 Å². The molecule has 0 aliphatic carbocycles. The van der Waals surface area contributed by atoms with Gasteiger partial charge in [-0.1, -0.05) is 10.5 Å². The van der Waals surface area contributed by atoms with Crippen LogP contribution in [0, 0.1) is 0 Å². The molecular formula is C3H6FNO4S. The predicted molar refractivity (Wildman–Crippen MR) is 32.0 cm³/mol. The summed E-state index contributed by atoms with van der Waals surface area (Å²) in [5.74, 6) is -0.981. The Morgan fingerprint density at radius 2 is 1.80 bits per heavy atom. The number of nitrogens with two attached hydrogens (primary N) is 1. The number of carbonyl (C=O) groups is 1. The summed E-state index contributed by atoms with van der Waals surface area (Å²) in [6.45, 7) is 2.96. The Morgan fingerprint density at radius 1 is 1.70 bits per heavy atom. The molecule has 0 aliphatic heterocycles. The van der Waals surface area contributed by atoms with E-state index in [9.17, 15) is 8.68 Å². The maximum atomic E-state index is 10.4. The van der Waals surface area contributed by atoms with Crippen molar-refractivity contribution in [3.8, 4) is 0 Å². The molecule has 0 saturated heterocycles. The van der Waals surface area contributed by atoms with Gasteiger partial charge in [-0.25, -0.2) is 9.93 Å². The molecule has 0 heterocycles. The van der Waals surface area contributed by atoms with E-state index in [-0.39, 0.29) is 0 Å². The highest BCUT2D eigenvalue weighted by atomic mass is 32.3. The van der Waals surface area contributed by atoms with Crippen molar-refractivity contribution in [2.45, 2.75) is 0 Å². The van der Waals surface area contributed by atoms with Crippen molar-refractivity contribution >= 4 is 16.4 Å². The van der Waals surface area contributed by atoms with Gasteiger partial charge in [0, 0.05) is 6.08 Å². The maximum absolute atomic E-state index is 10.4. The van der Waals surface area contributed by atoms with Crippen molar-refractivity contribution in [2.24, 2.45) is 5.14 Å². The number of rotatable bonds is 1. The summed E-state index contributed by atoms with van der Waals surface area (Å²) in [5.41, 5.74) is 0. The third-order valence-corrected chi connectivity index (χ3v) is 0.175. The highest BCUT2D eigenvalue weighted by Gasteiger charge is 1.86. The number of halogens is 1. The molecule has 5 nitrogen and oxygen atoms in total. The molecule has 60 valence electrons. The second kappa shape index (κ2) is 4.89. The van der Waals surface area contributed by atoms with E-state index in [4.69, 9.17) is 13.5 Å². The zero-order chi connectivity index (χ0) is 8.78. The Bertz CT molecular complexity index is 201. The molecule has 0 saturated carbocycles. The van der Waals surface area contributed by atoms with Gasteiger partial charge in [-0.05, 0) is 0 Å². The molecule has 0 unspecified atom stereocenters. The average Bonchev–Trinajstić information content (AvgIpc) is 1.61. The van der Waals surface area contributed by atoms with Crippen LogP contribution in [0.25, 0.3) is 0 Å². The summed E-state index contributed by atoms with van der Waals surface area (Å²) in [4.78, 5) is 9.25. The molecule has 3 N–H and O–H groups in total. The van der Waals surface area contributed by atoms with Gasteiger partial charge in [0.05, 0.1) is 0 Å². The fraction of sp³-hybridized carbons (Fsp3) is 0. The minimum atomic E-state index is -4.67. The van der Waals surface area contributed by atoms with Crippen LogP contribution in [0.15, 0.2) is 12.7 Å². The first-order valence-corrected chi connectivity index (χ1v) is 3.29. The Balaban J connectivity index is 0. The molecule has 0 aromatic carbocycles. The smallest absolute Gasteiger partial charge is 0.369 e. The van der Waals surface area contributed by atoms with Gasteiger partial charge in [0.2, 0.25) is 0 Å². The highest BCUT2D eigenvalue weighted by molar-refractivity contribution is 7.83. The highest BCUT2D eigenvalue weighted by Crippen LogP contribution is 1.67. The van der Waals surface area contributed by atoms with Crippen molar-refractivity contribution in [1.82, 2.24) is 0 Å². The summed E-state index contributed by atoms with van der Waals surface area (Å²) in [6, 6.07) is 0. The van der Waals surface area contributed by atoms with Gasteiger partial charge in [-0.2, -0.15) is 8.42 Å². The van der Waals surface area contributed by atoms with E-state index in [1.54, 1.807) is 0 Å². The summed E-state index contributed by atoms with van der Waals surface area (Å²) < 4.78 is 27.9. The van der Waals surface area contributed by atoms with Crippen LogP contribution in [0.2, 0.25) is 0 Å². The molecule has 0 bridgehead atoms. The average molecular weight is 171 g/mol. The van der Waals surface area contributed by atoms with Crippen molar-refractivity contribution in [3.63, 3.8) is 0 Å². The number of hydrogen-bond donors (Lipinski definition) is 2. The van der Waals surface area contributed by atoms with Crippen LogP contribution in [0.4, 0.5) is 3.89 Å². The first-order valence-electron chi connectivity index (χ1n) is 1.85. The summed E-state index contributed by atoms with van der Waals surface area (Å²) >= 11 is 0. The molecule has 0 rings (SSSR count). The fourth-order valence-electron chi connectivity index (χ4n) is 0. The van der Waals surface area contributed by atoms with E-state index in [2.05, 4.69) is 11.7 Å². The van der Waals surface area contributed by atoms with Crippen LogP contribution in [0.3, 0.4) is 0 Å². The van der Waals surface area contributed by atoms with Crippen molar-refractivity contribution in [2.75, 3.05) is 0 Å². The molecule has 0 amide bonds. The Kier molecular flexibility index (Phi) is 5.76. The van der Waals surface area contributed by atoms with Gasteiger partial charge in [-0.3, -0.25) is 0 Å². The van der Waals surface area contributed by atoms with Gasteiger partial charge in [-0.15, -0.1) is 0 Å². The van der Waals surface area contributed by atoms with E-state index >= 15 is 0 Å². The van der Waals surface area contributed by atoms with E-state index in [1.807, 2.05) is 0 Å². The maximum Gasteiger partial charge on any atom is 0.369 e. The topological polar surface area (TPSA) is 97.5 Å². The summed E-state index contributed by atoms with van der Waals surface area (Å²) in [5, 5.41) is 11.3. The monoisotopic (exact) mass is 171 g/mol. The van der Waals surface area contributed by atoms with E-state index in [0.717, 1.165) is 6.08 Å². The third kappa shape index (κ3) is 234. The third-order valence-electron chi connectivity index (χ3n) is 0.175. The fourth-order valence-corrected chi connectivity index (χ4v) is 0. The number of carboxylic acid groups (broad SMARTS) is 1. The van der Waals surface area contributed by atoms with Gasteiger partial charge < -0.3 is 5.11 Å². The first kappa shape index (κ1) is 11.8. The quantitative estimate of drug-likeness (QED) is 0.407. The lowest BCUT2D eigenvalue weighted by Crippen LogP contribution is -2.01. The van der Waals surface area contributed by atoms with E-state index in [1.165, 1.54) is 0 Å². The van der Waals surface area contributed by atoms with E-state index < -0.39 is 16.4 Å². The van der Waals surface area contributed by atoms with Gasteiger partial charge in [0.25, 0.3) is 0 Å². The lowest BCUT2D eigenvalue weighted by atomic mass is 10.7. The Morgan fingerprint density at radius 3 is 1.80 bits per heavy atom. The van der Waals surface area contributed by atoms with Crippen LogP contribution in [-0.2, 0) is 15.2 Å². The molecule has 10 heavy (non-hydrogen) atoms. The normalized spacial score (nSPS) is 9.00. The predicted octanol–water partition coefficient (Wildman–Crippen LogP) is -0.584. The van der Waals surface area contributed by atoms with Crippen LogP contribution < -0.4 is 5.14 Å². The standard InChI is InChI=1S/C3H4O2.FH2NO2S/c1-2-3(4)5;1-5(2,3)4/h2H,1H2,(H,4,5);(H2,2,3,4). The SMILES string of the molecule is C=CC(=O)O.NS(=O)(=O)F. The van der Waals surface area contributed by atoms with Gasteiger partial charge in [0.1, 0.15) is 0 Å². The summed E-state index contributed by atoms with van der Waals surface area (Å²) in [6.07, 6.45) is 0.833. The molecule has 0 aromatic rings. The largest absolute Gasteiger partial charge is 0.478 e. The molecular weight excluding hydrogens is 165 g/mol. The second-order valence-electron chi connectivity index (χ2n) is 1.02. The molecule has 7 heteroatoms. The number of carboxylic acids is 1. The molecule has 0 spiro atoms. The van der Waals surface area contributed by atoms with Crippen molar-refractivity contribution < 1.29 is 22.2 Å². The Labute approximate surface area is 57.3 Å². The zero-order valence-corrected chi connectivity index (χ0v) is 5.64. The van der Waals surface area contributed by atoms with Crippen LogP contribution in [0.5, 0.6) is 0 Å². The minimum absolute atomic E-state index is 0.833. The van der Waals surface area contributed by atoms with Crippen LogP contribution >= 0.6 is 0 Å². The first-order chi connectivity index (χ1) is 4.27. The molecule has 0 atom stereocenters. The summed E-state index contributed by atoms with van der Waals surface area (Å²) in [7, 11) is -4.67. The second-order valence-corrected chi connectivity index (χ2v) is 1.97. The molecule has 0 aliphatic rings. The lowest BCUT2D eigenvalue weighted by Gasteiger charge is -1.64. The van der Waals surface area contributed by atoms with Crippen LogP contribution in [0.1, 0.15) is 0 Å². The zero-order valence-electron chi connectivity index (χ0n) is 4.82. The van der Waals surface area contributed by atoms with Crippen LogP contribution in [-0.4, -0.2) is 19.5 Å². The van der Waals surface area contributed by atoms with Gasteiger partial charge >= 0.3 is 16.4 Å². The van der Waals surface area contributed by atoms with Gasteiger partial charge in [0.15, 0.2) is 0 Å². The van der Waals surface area contributed by atoms with Crippen molar-refractivity contribution in [3.05, 3.63) is 12.7 Å². The molecule has 0 radical (unpaired) electrons. The lowest BCUT2D eigenvalue weighted by molar-refractivity contribution is -0.131. The molecule has 0 fully saturated rings. The number of aliphatic carboxylic acids is 1. The number of hydrogen-bond acceptors (Lipinski definition) is 3. The Hall–Kier alpha value is -0.950. The minimum Gasteiger partial charge on any atom is -0.478 e. The molecule has 0 aromatic heterocycles. The van der Waals surface area contributed by atoms with Crippen molar-refractivity contribution in [1.29, 1.82) is 0 Å².